The van der Waals surface area contributed by atoms with Gasteiger partial charge in [0.1, 0.15) is 15.1 Å². The molecule has 1 fully saturated rings. The number of hydrogen-bond acceptors (Lipinski definition) is 6. The molecule has 1 saturated heterocycles. The minimum Gasteiger partial charge on any atom is -0.373 e. The molecule has 2 unspecified atom stereocenters. The molecule has 2 aliphatic heterocycles. The first-order valence-corrected chi connectivity index (χ1v) is 11.4. The van der Waals surface area contributed by atoms with Crippen molar-refractivity contribution in [3.05, 3.63) is 50.9 Å². The SMILES string of the molecule is CC1(C)CC2CSC(NC(=O)c3ccccc3)=NC2(c2nc(Br)cs2)CO1. The van der Waals surface area contributed by atoms with E-state index in [1.165, 1.54) is 0 Å². The van der Waals surface area contributed by atoms with Gasteiger partial charge >= 0.3 is 0 Å². The Hall–Kier alpha value is -1.22. The van der Waals surface area contributed by atoms with E-state index in [4.69, 9.17) is 9.73 Å². The van der Waals surface area contributed by atoms with Crippen LogP contribution in [0.25, 0.3) is 0 Å². The predicted molar refractivity (Wildman–Crippen MR) is 113 cm³/mol. The van der Waals surface area contributed by atoms with Crippen molar-refractivity contribution in [1.29, 1.82) is 0 Å². The van der Waals surface area contributed by atoms with Crippen LogP contribution in [0.5, 0.6) is 0 Å². The molecule has 142 valence electrons. The van der Waals surface area contributed by atoms with Crippen LogP contribution >= 0.6 is 39.0 Å². The van der Waals surface area contributed by atoms with Gasteiger partial charge < -0.3 is 10.1 Å². The third-order valence-corrected chi connectivity index (χ3v) is 7.68. The van der Waals surface area contributed by atoms with Crippen LogP contribution in [0.4, 0.5) is 0 Å². The Kier molecular flexibility index (Phi) is 5.18. The lowest BCUT2D eigenvalue weighted by molar-refractivity contribution is -0.110. The Morgan fingerprint density at radius 2 is 2.11 bits per heavy atom. The second-order valence-electron chi connectivity index (χ2n) is 7.40. The quantitative estimate of drug-likeness (QED) is 0.711. The van der Waals surface area contributed by atoms with Gasteiger partial charge in [-0.3, -0.25) is 4.79 Å². The number of hydrogen-bond donors (Lipinski definition) is 1. The van der Waals surface area contributed by atoms with E-state index in [0.29, 0.717) is 23.3 Å². The van der Waals surface area contributed by atoms with Gasteiger partial charge in [0.05, 0.1) is 12.2 Å². The van der Waals surface area contributed by atoms with Gasteiger partial charge in [0.15, 0.2) is 5.17 Å². The van der Waals surface area contributed by atoms with E-state index in [9.17, 15) is 4.79 Å². The van der Waals surface area contributed by atoms with Crippen molar-refractivity contribution in [2.75, 3.05) is 12.4 Å². The molecular formula is C19H20BrN3O2S2. The number of amides is 1. The lowest BCUT2D eigenvalue weighted by atomic mass is 9.77. The van der Waals surface area contributed by atoms with Crippen molar-refractivity contribution in [2.45, 2.75) is 31.4 Å². The first-order chi connectivity index (χ1) is 12.9. The highest BCUT2D eigenvalue weighted by molar-refractivity contribution is 9.10. The molecule has 1 N–H and O–H groups in total. The summed E-state index contributed by atoms with van der Waals surface area (Å²) in [7, 11) is 0. The Morgan fingerprint density at radius 1 is 1.33 bits per heavy atom. The number of fused-ring (bicyclic) bond motifs is 1. The number of thiazole rings is 1. The molecule has 0 aliphatic carbocycles. The fourth-order valence-corrected chi connectivity index (χ4v) is 6.13. The standard InChI is InChI=1S/C19H20BrN3O2S2/c1-18(2)8-13-9-27-17(22-15(24)12-6-4-3-5-7-12)23-19(13,11-25-18)16-21-14(20)10-26-16/h3-7,10,13H,8-9,11H2,1-2H3,(H,22,23,24). The van der Waals surface area contributed by atoms with Crippen molar-refractivity contribution in [3.63, 3.8) is 0 Å². The second kappa shape index (κ2) is 7.31. The summed E-state index contributed by atoms with van der Waals surface area (Å²) in [6.45, 7) is 4.71. The molecule has 1 amide bonds. The molecule has 3 heterocycles. The number of aliphatic imine (C=N–C) groups is 1. The van der Waals surface area contributed by atoms with Crippen molar-refractivity contribution >= 4 is 50.1 Å². The topological polar surface area (TPSA) is 63.6 Å². The van der Waals surface area contributed by atoms with Gasteiger partial charge in [-0.05, 0) is 48.3 Å². The van der Waals surface area contributed by atoms with Gasteiger partial charge in [0, 0.05) is 22.6 Å². The minimum atomic E-state index is -0.545. The van der Waals surface area contributed by atoms with Crippen LogP contribution in [-0.4, -0.2) is 34.0 Å². The number of thioether (sulfide) groups is 1. The highest BCUT2D eigenvalue weighted by Gasteiger charge is 2.52. The maximum Gasteiger partial charge on any atom is 0.257 e. The summed E-state index contributed by atoms with van der Waals surface area (Å²) in [6, 6.07) is 9.20. The zero-order chi connectivity index (χ0) is 19.1. The maximum absolute atomic E-state index is 12.6. The fraction of sp³-hybridized carbons (Fsp3) is 0.421. The number of nitrogens with zero attached hydrogens (tertiary/aromatic N) is 2. The third-order valence-electron chi connectivity index (χ3n) is 4.92. The number of benzene rings is 1. The Balaban J connectivity index is 1.67. The molecular weight excluding hydrogens is 446 g/mol. The van der Waals surface area contributed by atoms with Gasteiger partial charge in [-0.15, -0.1) is 11.3 Å². The fourth-order valence-electron chi connectivity index (χ4n) is 3.52. The normalized spacial score (nSPS) is 26.8. The second-order valence-corrected chi connectivity index (χ2v) is 10.1. The summed E-state index contributed by atoms with van der Waals surface area (Å²) in [5.41, 5.74) is -0.102. The molecule has 4 rings (SSSR count). The Labute approximate surface area is 175 Å². The number of aromatic nitrogens is 1. The van der Waals surface area contributed by atoms with Crippen molar-refractivity contribution in [1.82, 2.24) is 10.3 Å². The number of carbonyl (C=O) groups excluding carboxylic acids is 1. The molecule has 2 aromatic rings. The van der Waals surface area contributed by atoms with Crippen LogP contribution in [0, 0.1) is 5.92 Å². The minimum absolute atomic E-state index is 0.146. The lowest BCUT2D eigenvalue weighted by Crippen LogP contribution is -2.53. The molecule has 27 heavy (non-hydrogen) atoms. The molecule has 0 spiro atoms. The van der Waals surface area contributed by atoms with Crippen LogP contribution in [-0.2, 0) is 10.3 Å². The van der Waals surface area contributed by atoms with E-state index in [2.05, 4.69) is 40.1 Å². The number of amidine groups is 1. The average molecular weight is 466 g/mol. The van der Waals surface area contributed by atoms with Crippen LogP contribution in [0.1, 0.15) is 35.6 Å². The van der Waals surface area contributed by atoms with Gasteiger partial charge in [-0.2, -0.15) is 0 Å². The van der Waals surface area contributed by atoms with E-state index in [-0.39, 0.29) is 11.5 Å². The van der Waals surface area contributed by atoms with E-state index >= 15 is 0 Å². The summed E-state index contributed by atoms with van der Waals surface area (Å²) in [4.78, 5) is 22.2. The smallest absolute Gasteiger partial charge is 0.257 e. The molecule has 2 aliphatic rings. The zero-order valence-electron chi connectivity index (χ0n) is 15.1. The van der Waals surface area contributed by atoms with Crippen LogP contribution in [0.15, 0.2) is 45.3 Å². The van der Waals surface area contributed by atoms with Gasteiger partial charge in [-0.1, -0.05) is 30.0 Å². The summed E-state index contributed by atoms with van der Waals surface area (Å²) in [5, 5.41) is 6.51. The summed E-state index contributed by atoms with van der Waals surface area (Å²) in [5.74, 6) is 1.03. The number of nitrogens with one attached hydrogen (secondary N) is 1. The first-order valence-electron chi connectivity index (χ1n) is 8.72. The third kappa shape index (κ3) is 3.85. The molecule has 1 aromatic heterocycles. The predicted octanol–water partition coefficient (Wildman–Crippen LogP) is 4.45. The van der Waals surface area contributed by atoms with Crippen molar-refractivity contribution in [3.8, 4) is 0 Å². The molecule has 1 aromatic carbocycles. The highest BCUT2D eigenvalue weighted by atomic mass is 79.9. The van der Waals surface area contributed by atoms with Crippen LogP contribution in [0.3, 0.4) is 0 Å². The van der Waals surface area contributed by atoms with Gasteiger partial charge in [0.25, 0.3) is 5.91 Å². The summed E-state index contributed by atoms with van der Waals surface area (Å²) in [6.07, 6.45) is 0.903. The van der Waals surface area contributed by atoms with Crippen molar-refractivity contribution < 1.29 is 9.53 Å². The van der Waals surface area contributed by atoms with E-state index in [1.807, 2.05) is 23.6 Å². The first kappa shape index (κ1) is 19.1. The highest BCUT2D eigenvalue weighted by Crippen LogP contribution is 2.49. The van der Waals surface area contributed by atoms with Crippen molar-refractivity contribution in [2.24, 2.45) is 10.9 Å². The molecule has 5 nitrogen and oxygen atoms in total. The molecule has 0 saturated carbocycles. The summed E-state index contributed by atoms with van der Waals surface area (Å²) < 4.78 is 6.97. The van der Waals surface area contributed by atoms with E-state index < -0.39 is 5.54 Å². The largest absolute Gasteiger partial charge is 0.373 e. The summed E-state index contributed by atoms with van der Waals surface area (Å²) >= 11 is 6.64. The molecule has 0 radical (unpaired) electrons. The monoisotopic (exact) mass is 465 g/mol. The van der Waals surface area contributed by atoms with Gasteiger partial charge in [0.2, 0.25) is 0 Å². The van der Waals surface area contributed by atoms with E-state index in [1.54, 1.807) is 35.2 Å². The Morgan fingerprint density at radius 3 is 2.81 bits per heavy atom. The zero-order valence-corrected chi connectivity index (χ0v) is 18.3. The van der Waals surface area contributed by atoms with Crippen LogP contribution in [0.2, 0.25) is 0 Å². The number of carbonyl (C=O) groups is 1. The van der Waals surface area contributed by atoms with Crippen LogP contribution < -0.4 is 5.32 Å². The molecule has 2 atom stereocenters. The number of rotatable bonds is 2. The van der Waals surface area contributed by atoms with Gasteiger partial charge in [-0.25, -0.2) is 9.98 Å². The maximum atomic E-state index is 12.6. The average Bonchev–Trinajstić information content (AvgIpc) is 3.09. The lowest BCUT2D eigenvalue weighted by Gasteiger charge is -2.48. The van der Waals surface area contributed by atoms with E-state index in [0.717, 1.165) is 21.8 Å². The molecule has 0 bridgehead atoms. The number of ether oxygens (including phenoxy) is 1. The molecule has 8 heteroatoms. The Bertz CT molecular complexity index is 884. The number of halogens is 1.